The van der Waals surface area contributed by atoms with E-state index in [0.717, 1.165) is 23.5 Å². The van der Waals surface area contributed by atoms with Gasteiger partial charge in [0.15, 0.2) is 0 Å². The smallest absolute Gasteiger partial charge is 0.390 e. The third-order valence-corrected chi connectivity index (χ3v) is 8.20. The maximum Gasteiger partial charge on any atom is 0.390 e. The first kappa shape index (κ1) is 27.5. The van der Waals surface area contributed by atoms with E-state index in [9.17, 15) is 14.2 Å². The number of hydrogen-bond donors (Lipinski definition) is 1. The summed E-state index contributed by atoms with van der Waals surface area (Å²) in [5, 5.41) is 2.55. The maximum absolute atomic E-state index is 15.9. The summed E-state index contributed by atoms with van der Waals surface area (Å²) in [6.45, 7) is 6.65. The molecule has 1 N–H and O–H groups in total. The van der Waals surface area contributed by atoms with Gasteiger partial charge in [0.2, 0.25) is 0 Å². The topological polar surface area (TPSA) is 90.9 Å². The van der Waals surface area contributed by atoms with E-state index >= 15 is 8.78 Å². The van der Waals surface area contributed by atoms with Crippen LogP contribution in [0.3, 0.4) is 0 Å². The van der Waals surface area contributed by atoms with Gasteiger partial charge in [0, 0.05) is 10.3 Å². The van der Waals surface area contributed by atoms with Gasteiger partial charge in [0.1, 0.15) is 23.3 Å². The molecule has 0 aliphatic carbocycles. The zero-order valence-corrected chi connectivity index (χ0v) is 21.5. The Labute approximate surface area is 211 Å². The zero-order chi connectivity index (χ0) is 26.3. The summed E-state index contributed by atoms with van der Waals surface area (Å²) in [7, 11) is -5.10. The van der Waals surface area contributed by atoms with Crippen molar-refractivity contribution in [3.63, 3.8) is 0 Å². The molecule has 36 heavy (non-hydrogen) atoms. The molecule has 2 atom stereocenters. The Morgan fingerprint density at radius 3 is 2.56 bits per heavy atom. The van der Waals surface area contributed by atoms with Gasteiger partial charge in [-0.1, -0.05) is 43.8 Å². The predicted octanol–water partition coefficient (Wildman–Crippen LogP) is 6.50. The van der Waals surface area contributed by atoms with Crippen LogP contribution in [0.4, 0.5) is 8.78 Å². The van der Waals surface area contributed by atoms with Crippen molar-refractivity contribution < 1.29 is 36.9 Å². The molecule has 0 aliphatic rings. The standard InChI is InChI=1S/C25H26F2NO6PS/c1-4-13-32-23(29)17(3)28-35(31,34-20-9-7-6-8-10-20)25(26,27)19-11-12-21-18(15-19)16-22(36-21)24(30)33-14-5-2/h5-12,15-17H,2,4,13-14H2,1,3H3,(H,28,31)/t17-,35?/m0/s1. The summed E-state index contributed by atoms with van der Waals surface area (Å²) < 4.78 is 61.6. The van der Waals surface area contributed by atoms with Crippen LogP contribution in [-0.4, -0.2) is 31.2 Å². The van der Waals surface area contributed by atoms with Crippen LogP contribution in [0.5, 0.6) is 5.75 Å². The van der Waals surface area contributed by atoms with Gasteiger partial charge >= 0.3 is 25.1 Å². The number of ether oxygens (including phenoxy) is 2. The first-order chi connectivity index (χ1) is 17.1. The van der Waals surface area contributed by atoms with E-state index in [1.54, 1.807) is 25.1 Å². The molecule has 11 heteroatoms. The summed E-state index contributed by atoms with van der Waals surface area (Å²) in [6.07, 6.45) is 1.96. The minimum absolute atomic E-state index is 0.0148. The number of nitrogens with one attached hydrogen (secondary N) is 1. The molecule has 0 fully saturated rings. The Kier molecular flexibility index (Phi) is 9.00. The highest BCUT2D eigenvalue weighted by molar-refractivity contribution is 7.58. The zero-order valence-electron chi connectivity index (χ0n) is 19.7. The van der Waals surface area contributed by atoms with E-state index in [2.05, 4.69) is 11.7 Å². The molecule has 0 bridgehead atoms. The fraction of sp³-hybridized carbons (Fsp3) is 0.280. The van der Waals surface area contributed by atoms with Crippen LogP contribution in [0.25, 0.3) is 10.1 Å². The molecule has 0 aliphatic heterocycles. The molecule has 0 amide bonds. The molecule has 0 spiro atoms. The largest absolute Gasteiger partial charge is 0.465 e. The van der Waals surface area contributed by atoms with Gasteiger partial charge in [0.25, 0.3) is 0 Å². The van der Waals surface area contributed by atoms with Crippen molar-refractivity contribution in [3.8, 4) is 5.75 Å². The van der Waals surface area contributed by atoms with Crippen molar-refractivity contribution in [1.29, 1.82) is 0 Å². The first-order valence-corrected chi connectivity index (χ1v) is 13.5. The summed E-state index contributed by atoms with van der Waals surface area (Å²) >= 11 is 1.08. The molecule has 1 aromatic heterocycles. The molecule has 2 aromatic carbocycles. The fourth-order valence-corrected chi connectivity index (χ4v) is 5.92. The van der Waals surface area contributed by atoms with Crippen LogP contribution in [-0.2, 0) is 24.5 Å². The van der Waals surface area contributed by atoms with E-state index < -0.39 is 36.7 Å². The lowest BCUT2D eigenvalue weighted by atomic mass is 10.1. The summed E-state index contributed by atoms with van der Waals surface area (Å²) in [6, 6.07) is 11.2. The van der Waals surface area contributed by atoms with Crippen LogP contribution < -0.4 is 9.61 Å². The third-order valence-electron chi connectivity index (χ3n) is 4.91. The minimum Gasteiger partial charge on any atom is -0.465 e. The van der Waals surface area contributed by atoms with Gasteiger partial charge in [-0.15, -0.1) is 11.3 Å². The number of para-hydroxylation sites is 1. The molecule has 0 radical (unpaired) electrons. The average molecular weight is 538 g/mol. The Hall–Kier alpha value is -3.07. The van der Waals surface area contributed by atoms with Crippen molar-refractivity contribution in [2.24, 2.45) is 0 Å². The second kappa shape index (κ2) is 11.8. The molecule has 3 rings (SSSR count). The van der Waals surface area contributed by atoms with E-state index in [0.29, 0.717) is 16.5 Å². The fourth-order valence-electron chi connectivity index (χ4n) is 3.14. The highest BCUT2D eigenvalue weighted by atomic mass is 32.1. The van der Waals surface area contributed by atoms with E-state index in [1.165, 1.54) is 37.3 Å². The Morgan fingerprint density at radius 2 is 1.89 bits per heavy atom. The first-order valence-electron chi connectivity index (χ1n) is 11.1. The van der Waals surface area contributed by atoms with Crippen molar-refractivity contribution in [3.05, 3.63) is 77.7 Å². The molecule has 1 unspecified atom stereocenters. The third kappa shape index (κ3) is 6.19. The van der Waals surface area contributed by atoms with Gasteiger partial charge in [-0.2, -0.15) is 8.78 Å². The van der Waals surface area contributed by atoms with Gasteiger partial charge in [0.05, 0.1) is 6.61 Å². The highest BCUT2D eigenvalue weighted by Gasteiger charge is 2.56. The van der Waals surface area contributed by atoms with Crippen LogP contribution in [0, 0.1) is 0 Å². The number of carbonyl (C=O) groups is 2. The van der Waals surface area contributed by atoms with Crippen molar-refractivity contribution >= 4 is 40.9 Å². The lowest BCUT2D eigenvalue weighted by Crippen LogP contribution is -2.39. The van der Waals surface area contributed by atoms with Gasteiger partial charge < -0.3 is 14.0 Å². The average Bonchev–Trinajstić information content (AvgIpc) is 3.30. The highest BCUT2D eigenvalue weighted by Crippen LogP contribution is 2.63. The van der Waals surface area contributed by atoms with Crippen molar-refractivity contribution in [2.45, 2.75) is 32.0 Å². The van der Waals surface area contributed by atoms with Crippen LogP contribution in [0.2, 0.25) is 0 Å². The molecule has 7 nitrogen and oxygen atoms in total. The predicted molar refractivity (Wildman–Crippen MR) is 135 cm³/mol. The van der Waals surface area contributed by atoms with E-state index in [-0.39, 0.29) is 23.8 Å². The number of hydrogen-bond acceptors (Lipinski definition) is 7. The molecule has 1 heterocycles. The lowest BCUT2D eigenvalue weighted by Gasteiger charge is -2.30. The van der Waals surface area contributed by atoms with Crippen molar-refractivity contribution in [1.82, 2.24) is 5.09 Å². The van der Waals surface area contributed by atoms with Gasteiger partial charge in [-0.05, 0) is 49.1 Å². The minimum atomic E-state index is -5.10. The maximum atomic E-state index is 15.9. The normalized spacial score (nSPS) is 14.0. The second-order valence-corrected chi connectivity index (χ2v) is 11.0. The molecular weight excluding hydrogens is 511 g/mol. The Bertz CT molecular complexity index is 1280. The number of carbonyl (C=O) groups excluding carboxylic acids is 2. The number of alkyl halides is 2. The van der Waals surface area contributed by atoms with Crippen LogP contribution in [0.1, 0.15) is 35.5 Å². The number of rotatable bonds is 12. The number of thiophene rings is 1. The quantitative estimate of drug-likeness (QED) is 0.160. The van der Waals surface area contributed by atoms with E-state index in [4.69, 9.17) is 14.0 Å². The van der Waals surface area contributed by atoms with Gasteiger partial charge in [-0.3, -0.25) is 9.36 Å². The van der Waals surface area contributed by atoms with Crippen LogP contribution >= 0.6 is 18.9 Å². The molecular formula is C25H26F2NO6PS. The molecule has 192 valence electrons. The van der Waals surface area contributed by atoms with Gasteiger partial charge in [-0.25, -0.2) is 9.88 Å². The number of benzene rings is 2. The second-order valence-electron chi connectivity index (χ2n) is 7.77. The number of esters is 2. The summed E-state index contributed by atoms with van der Waals surface area (Å²) in [5.41, 5.74) is -4.67. The molecule has 0 saturated heterocycles. The lowest BCUT2D eigenvalue weighted by molar-refractivity contribution is -0.145. The summed E-state index contributed by atoms with van der Waals surface area (Å²) in [4.78, 5) is 24.6. The Balaban J connectivity index is 1.98. The Morgan fingerprint density at radius 1 is 1.17 bits per heavy atom. The van der Waals surface area contributed by atoms with Crippen LogP contribution in [0.15, 0.2) is 67.3 Å². The number of fused-ring (bicyclic) bond motifs is 1. The molecule has 0 saturated carbocycles. The summed E-state index contributed by atoms with van der Waals surface area (Å²) in [5.74, 6) is -1.50. The molecule has 3 aromatic rings. The monoisotopic (exact) mass is 537 g/mol. The number of halogens is 2. The van der Waals surface area contributed by atoms with Crippen molar-refractivity contribution in [2.75, 3.05) is 13.2 Å². The van der Waals surface area contributed by atoms with E-state index in [1.807, 2.05) is 0 Å². The SMILES string of the molecule is C=CCOC(=O)c1cc2cc(C(F)(F)P(=O)(N[C@@H](C)C(=O)OCCC)Oc3ccccc3)ccc2s1.